The standard InChI is InChI=1S/C26H22F3N3O5/c1-24-11-18(36-23(35)31-13-14-6-4-3-5-7-14)25(2,37-24)20-19(24)21(33)32(22(20)34)16-9-8-15(12-30)17(10-16)26(27,28)29/h3-10,18,33-34H,11,13H2,1-2H3,(H,31,35)/t18-,24+,25-/m0/s1. The van der Waals surface area contributed by atoms with Crippen LogP contribution in [-0.2, 0) is 33.4 Å². The number of nitrogens with one attached hydrogen (secondary N) is 1. The predicted molar refractivity (Wildman–Crippen MR) is 123 cm³/mol. The van der Waals surface area contributed by atoms with Crippen LogP contribution in [0.5, 0.6) is 11.8 Å². The van der Waals surface area contributed by atoms with E-state index in [0.717, 1.165) is 16.2 Å². The SMILES string of the molecule is C[C@]12C[C@H](OC(=O)NCc3ccccc3)[C@](C)(O1)c1c2c(O)n(-c2ccc(C#N)c(C(F)(F)F)c2)c1O. The number of carbonyl (C=O) groups excluding carboxylic acids is 1. The molecule has 8 nitrogen and oxygen atoms in total. The van der Waals surface area contributed by atoms with E-state index in [1.165, 1.54) is 12.1 Å². The van der Waals surface area contributed by atoms with E-state index in [1.807, 2.05) is 30.3 Å². The maximum atomic E-state index is 13.5. The van der Waals surface area contributed by atoms with Crippen molar-refractivity contribution < 1.29 is 37.7 Å². The van der Waals surface area contributed by atoms with Crippen LogP contribution in [0.15, 0.2) is 48.5 Å². The minimum atomic E-state index is -4.83. The van der Waals surface area contributed by atoms with Crippen molar-refractivity contribution in [1.29, 1.82) is 5.26 Å². The van der Waals surface area contributed by atoms with Crippen molar-refractivity contribution in [3.8, 4) is 23.5 Å². The van der Waals surface area contributed by atoms with Gasteiger partial charge in [0.05, 0.1) is 34.0 Å². The maximum Gasteiger partial charge on any atom is 0.417 e. The molecule has 3 atom stereocenters. The van der Waals surface area contributed by atoms with Crippen LogP contribution in [0.2, 0.25) is 0 Å². The number of carbonyl (C=O) groups is 1. The molecule has 5 rings (SSSR count). The molecule has 0 unspecified atom stereocenters. The van der Waals surface area contributed by atoms with Gasteiger partial charge in [0.25, 0.3) is 0 Å². The van der Waals surface area contributed by atoms with E-state index < -0.39 is 52.5 Å². The first-order valence-corrected chi connectivity index (χ1v) is 11.4. The summed E-state index contributed by atoms with van der Waals surface area (Å²) in [6, 6.07) is 13.6. The molecule has 0 spiro atoms. The third-order valence-electron chi connectivity index (χ3n) is 6.99. The molecule has 3 heterocycles. The second-order valence-corrected chi connectivity index (χ2v) is 9.45. The second kappa shape index (κ2) is 8.18. The number of hydrogen-bond acceptors (Lipinski definition) is 6. The third-order valence-corrected chi connectivity index (χ3v) is 6.99. The first kappa shape index (κ1) is 24.5. The number of ether oxygens (including phenoxy) is 2. The Morgan fingerprint density at radius 1 is 1.19 bits per heavy atom. The summed E-state index contributed by atoms with van der Waals surface area (Å²) in [5, 5.41) is 33.9. The third kappa shape index (κ3) is 3.76. The highest BCUT2D eigenvalue weighted by Crippen LogP contribution is 2.65. The van der Waals surface area contributed by atoms with E-state index in [9.17, 15) is 28.2 Å². The lowest BCUT2D eigenvalue weighted by atomic mass is 9.78. The topological polar surface area (TPSA) is 117 Å². The Morgan fingerprint density at radius 2 is 1.86 bits per heavy atom. The summed E-state index contributed by atoms with van der Waals surface area (Å²) < 4.78 is 53.2. The second-order valence-electron chi connectivity index (χ2n) is 9.45. The highest BCUT2D eigenvalue weighted by atomic mass is 19.4. The summed E-state index contributed by atoms with van der Waals surface area (Å²) >= 11 is 0. The van der Waals surface area contributed by atoms with Crippen molar-refractivity contribution in [3.05, 3.63) is 76.3 Å². The quantitative estimate of drug-likeness (QED) is 0.455. The summed E-state index contributed by atoms with van der Waals surface area (Å²) in [4.78, 5) is 12.5. The molecule has 1 amide bonds. The van der Waals surface area contributed by atoms with E-state index in [2.05, 4.69) is 5.32 Å². The van der Waals surface area contributed by atoms with Gasteiger partial charge in [0.15, 0.2) is 0 Å². The zero-order valence-electron chi connectivity index (χ0n) is 19.8. The van der Waals surface area contributed by atoms with Crippen molar-refractivity contribution in [2.24, 2.45) is 0 Å². The van der Waals surface area contributed by atoms with Gasteiger partial charge in [0.2, 0.25) is 11.8 Å². The largest absolute Gasteiger partial charge is 0.494 e. The number of halogens is 3. The van der Waals surface area contributed by atoms with E-state index in [4.69, 9.17) is 14.7 Å². The zero-order valence-corrected chi connectivity index (χ0v) is 19.8. The Kier molecular flexibility index (Phi) is 5.42. The van der Waals surface area contributed by atoms with Crippen LogP contribution in [0.4, 0.5) is 18.0 Å². The molecule has 2 aliphatic heterocycles. The Morgan fingerprint density at radius 3 is 2.51 bits per heavy atom. The molecule has 1 aromatic heterocycles. The van der Waals surface area contributed by atoms with Crippen molar-refractivity contribution in [3.63, 3.8) is 0 Å². The van der Waals surface area contributed by atoms with Gasteiger partial charge >= 0.3 is 12.3 Å². The fraction of sp³-hybridized carbons (Fsp3) is 0.308. The Bertz CT molecular complexity index is 1450. The number of aromatic hydroxyl groups is 2. The van der Waals surface area contributed by atoms with Crippen LogP contribution < -0.4 is 5.32 Å². The van der Waals surface area contributed by atoms with Gasteiger partial charge in [0.1, 0.15) is 17.3 Å². The van der Waals surface area contributed by atoms with Crippen LogP contribution in [0, 0.1) is 11.3 Å². The van der Waals surface area contributed by atoms with Gasteiger partial charge in [-0.2, -0.15) is 18.4 Å². The maximum absolute atomic E-state index is 13.5. The van der Waals surface area contributed by atoms with Gasteiger partial charge in [-0.05, 0) is 37.6 Å². The number of hydrogen-bond donors (Lipinski definition) is 3. The number of benzene rings is 2. The average molecular weight is 513 g/mol. The molecule has 37 heavy (non-hydrogen) atoms. The highest BCUT2D eigenvalue weighted by molar-refractivity contribution is 5.69. The van der Waals surface area contributed by atoms with E-state index in [1.54, 1.807) is 13.8 Å². The zero-order chi connectivity index (χ0) is 26.8. The average Bonchev–Trinajstić information content (AvgIpc) is 3.37. The summed E-state index contributed by atoms with van der Waals surface area (Å²) in [6.45, 7) is 3.46. The summed E-state index contributed by atoms with van der Waals surface area (Å²) in [5.41, 5.74) is -3.35. The first-order valence-electron chi connectivity index (χ1n) is 11.4. The van der Waals surface area contributed by atoms with Crippen molar-refractivity contribution in [2.75, 3.05) is 0 Å². The van der Waals surface area contributed by atoms with Crippen LogP contribution in [0.3, 0.4) is 0 Å². The number of fused-ring (bicyclic) bond motifs is 5. The number of amides is 1. The summed E-state index contributed by atoms with van der Waals surface area (Å²) in [6.07, 6.45) is -6.24. The number of nitriles is 1. The minimum absolute atomic E-state index is 0.123. The molecule has 1 fully saturated rings. The lowest BCUT2D eigenvalue weighted by Gasteiger charge is -2.29. The van der Waals surface area contributed by atoms with Gasteiger partial charge in [-0.15, -0.1) is 0 Å². The van der Waals surface area contributed by atoms with Gasteiger partial charge in [0, 0.05) is 13.0 Å². The minimum Gasteiger partial charge on any atom is -0.494 e. The molecular weight excluding hydrogens is 491 g/mol. The molecule has 0 saturated carbocycles. The van der Waals surface area contributed by atoms with Gasteiger partial charge < -0.3 is 25.0 Å². The smallest absolute Gasteiger partial charge is 0.417 e. The van der Waals surface area contributed by atoms with E-state index >= 15 is 0 Å². The Hall–Kier alpha value is -4.17. The number of nitrogens with zero attached hydrogens (tertiary/aromatic N) is 2. The lowest BCUT2D eigenvalue weighted by molar-refractivity contribution is -0.137. The van der Waals surface area contributed by atoms with E-state index in [0.29, 0.717) is 6.07 Å². The van der Waals surface area contributed by atoms with Gasteiger partial charge in [-0.25, -0.2) is 4.79 Å². The van der Waals surface area contributed by atoms with Crippen molar-refractivity contribution in [1.82, 2.24) is 9.88 Å². The number of rotatable bonds is 4. The van der Waals surface area contributed by atoms with Crippen LogP contribution in [0.1, 0.15) is 48.1 Å². The molecule has 2 aromatic carbocycles. The van der Waals surface area contributed by atoms with Crippen molar-refractivity contribution in [2.45, 2.75) is 50.3 Å². The number of alkyl halides is 3. The molecule has 11 heteroatoms. The fourth-order valence-corrected chi connectivity index (χ4v) is 5.35. The van der Waals surface area contributed by atoms with Crippen LogP contribution >= 0.6 is 0 Å². The molecule has 3 N–H and O–H groups in total. The molecule has 0 radical (unpaired) electrons. The first-order chi connectivity index (χ1) is 17.4. The monoisotopic (exact) mass is 513 g/mol. The predicted octanol–water partition coefficient (Wildman–Crippen LogP) is 4.94. The molecule has 0 aliphatic carbocycles. The van der Waals surface area contributed by atoms with Gasteiger partial charge in [-0.1, -0.05) is 30.3 Å². The summed E-state index contributed by atoms with van der Waals surface area (Å²) in [5.74, 6) is -1.04. The van der Waals surface area contributed by atoms with Crippen LogP contribution in [0.25, 0.3) is 5.69 Å². The fourth-order valence-electron chi connectivity index (χ4n) is 5.35. The number of aromatic nitrogens is 1. The van der Waals surface area contributed by atoms with E-state index in [-0.39, 0.29) is 29.8 Å². The Labute approximate surface area is 209 Å². The normalized spacial score (nSPS) is 23.9. The van der Waals surface area contributed by atoms with Gasteiger partial charge in [-0.3, -0.25) is 4.57 Å². The molecule has 2 aliphatic rings. The Balaban J connectivity index is 1.48. The molecule has 3 aromatic rings. The van der Waals surface area contributed by atoms with Crippen LogP contribution in [-0.4, -0.2) is 27.0 Å². The molecule has 192 valence electrons. The molecule has 1 saturated heterocycles. The number of alkyl carbamates (subject to hydrolysis) is 1. The lowest BCUT2D eigenvalue weighted by Crippen LogP contribution is -2.39. The summed E-state index contributed by atoms with van der Waals surface area (Å²) in [7, 11) is 0. The molecule has 2 bridgehead atoms. The highest BCUT2D eigenvalue weighted by Gasteiger charge is 2.66. The molecular formula is C26H22F3N3O5. The van der Waals surface area contributed by atoms with Crippen molar-refractivity contribution >= 4 is 6.09 Å².